The number of esters is 1. The lowest BCUT2D eigenvalue weighted by atomic mass is 10.4. The first-order valence-corrected chi connectivity index (χ1v) is 3.01. The summed E-state index contributed by atoms with van der Waals surface area (Å²) in [5, 5.41) is 8.61. The first kappa shape index (κ1) is 9.17. The van der Waals surface area contributed by atoms with Crippen LogP contribution in [0, 0.1) is 6.61 Å². The normalized spacial score (nSPS) is 13.5. The molecule has 0 fully saturated rings. The van der Waals surface area contributed by atoms with Gasteiger partial charge in [-0.3, -0.25) is 0 Å². The Morgan fingerprint density at radius 1 is 1.70 bits per heavy atom. The molecular weight excluding hydrogens is 132 g/mol. The third-order valence-electron chi connectivity index (χ3n) is 0.684. The van der Waals surface area contributed by atoms with E-state index in [1.807, 2.05) is 0 Å². The molecule has 0 aliphatic heterocycles. The Labute approximate surface area is 60.3 Å². The second-order valence-corrected chi connectivity index (χ2v) is 1.81. The maximum atomic E-state index is 10.5. The molecule has 57 valence electrons. The summed E-state index contributed by atoms with van der Waals surface area (Å²) in [4.78, 5) is 10.5. The lowest BCUT2D eigenvalue weighted by Crippen LogP contribution is -2.07. The van der Waals surface area contributed by atoms with Crippen LogP contribution in [0.4, 0.5) is 0 Å². The Hall–Kier alpha value is -0.830. The summed E-state index contributed by atoms with van der Waals surface area (Å²) in [6.07, 6.45) is 2.13. The zero-order valence-electron chi connectivity index (χ0n) is 6.07. The largest absolute Gasteiger partial charge is 0.452 e. The summed E-state index contributed by atoms with van der Waals surface area (Å²) in [7, 11) is 0. The molecule has 0 aliphatic rings. The molecule has 1 atom stereocenters. The number of hydrogen-bond donors (Lipinski definition) is 1. The molecule has 0 aromatic heterocycles. The molecule has 0 spiro atoms. The summed E-state index contributed by atoms with van der Waals surface area (Å²) < 4.78 is 4.44. The minimum absolute atomic E-state index is 0.469. The predicted molar refractivity (Wildman–Crippen MR) is 36.9 cm³/mol. The third-order valence-corrected chi connectivity index (χ3v) is 0.684. The zero-order chi connectivity index (χ0) is 7.98. The van der Waals surface area contributed by atoms with E-state index in [1.54, 1.807) is 13.0 Å². The number of carbonyl (C=O) groups excluding carboxylic acids is 1. The van der Waals surface area contributed by atoms with Crippen molar-refractivity contribution in [2.45, 2.75) is 20.0 Å². The van der Waals surface area contributed by atoms with Gasteiger partial charge in [0.05, 0.1) is 6.10 Å². The highest BCUT2D eigenvalue weighted by Gasteiger charge is 1.99. The van der Waals surface area contributed by atoms with Crippen LogP contribution in [-0.2, 0) is 9.53 Å². The molecule has 0 aromatic rings. The minimum atomic E-state index is -0.714. The maximum absolute atomic E-state index is 10.5. The van der Waals surface area contributed by atoms with Crippen LogP contribution >= 0.6 is 0 Å². The standard InChI is InChI=1S/C7H11O3/c1-3-4-7(9)10-5-6(2)8/h3-6,8H,1-2H3. The fourth-order valence-corrected chi connectivity index (χ4v) is 0.341. The van der Waals surface area contributed by atoms with Crippen molar-refractivity contribution in [2.75, 3.05) is 0 Å². The van der Waals surface area contributed by atoms with Gasteiger partial charge < -0.3 is 9.84 Å². The molecule has 0 saturated heterocycles. The minimum Gasteiger partial charge on any atom is -0.452 e. The molecule has 0 heterocycles. The second-order valence-electron chi connectivity index (χ2n) is 1.81. The van der Waals surface area contributed by atoms with Crippen LogP contribution < -0.4 is 0 Å². The smallest absolute Gasteiger partial charge is 0.330 e. The number of aliphatic hydroxyl groups excluding tert-OH is 1. The van der Waals surface area contributed by atoms with E-state index in [1.165, 1.54) is 13.0 Å². The van der Waals surface area contributed by atoms with Gasteiger partial charge in [-0.25, -0.2) is 4.79 Å². The van der Waals surface area contributed by atoms with Gasteiger partial charge in [-0.1, -0.05) is 6.08 Å². The topological polar surface area (TPSA) is 46.5 Å². The lowest BCUT2D eigenvalue weighted by Gasteiger charge is -2.01. The monoisotopic (exact) mass is 143 g/mol. The van der Waals surface area contributed by atoms with Crippen LogP contribution in [0.1, 0.15) is 13.8 Å². The molecule has 1 unspecified atom stereocenters. The number of aliphatic hydroxyl groups is 1. The lowest BCUT2D eigenvalue weighted by molar-refractivity contribution is -0.136. The SMILES string of the molecule is CC=CC(=O)O[CH]C(C)O. The molecule has 1 N–H and O–H groups in total. The predicted octanol–water partition coefficient (Wildman–Crippen LogP) is 0.648. The second kappa shape index (κ2) is 4.99. The molecular formula is C7H11O3. The van der Waals surface area contributed by atoms with Crippen molar-refractivity contribution >= 4 is 5.97 Å². The van der Waals surface area contributed by atoms with Gasteiger partial charge in [-0.05, 0) is 13.8 Å². The van der Waals surface area contributed by atoms with Crippen molar-refractivity contribution in [3.05, 3.63) is 18.8 Å². The van der Waals surface area contributed by atoms with Crippen molar-refractivity contribution in [1.29, 1.82) is 0 Å². The summed E-state index contributed by atoms with van der Waals surface area (Å²) in [5.74, 6) is -0.469. The summed E-state index contributed by atoms with van der Waals surface area (Å²) in [6, 6.07) is 0. The molecule has 3 nitrogen and oxygen atoms in total. The fraction of sp³-hybridized carbons (Fsp3) is 0.429. The quantitative estimate of drug-likeness (QED) is 0.466. The van der Waals surface area contributed by atoms with Crippen LogP contribution in [0.25, 0.3) is 0 Å². The molecule has 0 aliphatic carbocycles. The van der Waals surface area contributed by atoms with Gasteiger partial charge in [0.1, 0.15) is 0 Å². The average Bonchev–Trinajstić information content (AvgIpc) is 1.85. The molecule has 0 aromatic carbocycles. The van der Waals surface area contributed by atoms with E-state index in [4.69, 9.17) is 5.11 Å². The number of hydrogen-bond acceptors (Lipinski definition) is 3. The van der Waals surface area contributed by atoms with Crippen LogP contribution in [-0.4, -0.2) is 17.2 Å². The molecule has 10 heavy (non-hydrogen) atoms. The van der Waals surface area contributed by atoms with E-state index in [2.05, 4.69) is 4.74 Å². The van der Waals surface area contributed by atoms with Gasteiger partial charge in [0.25, 0.3) is 0 Å². The van der Waals surface area contributed by atoms with Crippen molar-refractivity contribution < 1.29 is 14.6 Å². The Balaban J connectivity index is 3.40. The summed E-state index contributed by atoms with van der Waals surface area (Å²) in [6.45, 7) is 4.29. The first-order valence-electron chi connectivity index (χ1n) is 3.01. The average molecular weight is 143 g/mol. The van der Waals surface area contributed by atoms with Gasteiger partial charge in [-0.2, -0.15) is 0 Å². The van der Waals surface area contributed by atoms with Crippen LogP contribution in [0.5, 0.6) is 0 Å². The van der Waals surface area contributed by atoms with E-state index in [0.717, 1.165) is 6.61 Å². The third kappa shape index (κ3) is 5.31. The van der Waals surface area contributed by atoms with E-state index in [-0.39, 0.29) is 0 Å². The van der Waals surface area contributed by atoms with Gasteiger partial charge in [0.2, 0.25) is 0 Å². The zero-order valence-corrected chi connectivity index (χ0v) is 6.07. The van der Waals surface area contributed by atoms with Crippen LogP contribution in [0.3, 0.4) is 0 Å². The highest BCUT2D eigenvalue weighted by Crippen LogP contribution is 1.91. The first-order chi connectivity index (χ1) is 4.66. The number of carbonyl (C=O) groups is 1. The van der Waals surface area contributed by atoms with E-state index < -0.39 is 12.1 Å². The number of rotatable bonds is 3. The Morgan fingerprint density at radius 3 is 2.70 bits per heavy atom. The van der Waals surface area contributed by atoms with Crippen molar-refractivity contribution in [1.82, 2.24) is 0 Å². The van der Waals surface area contributed by atoms with Crippen molar-refractivity contribution in [3.8, 4) is 0 Å². The van der Waals surface area contributed by atoms with E-state index >= 15 is 0 Å². The fourth-order valence-electron chi connectivity index (χ4n) is 0.341. The van der Waals surface area contributed by atoms with Gasteiger partial charge in [0.15, 0.2) is 6.61 Å². The van der Waals surface area contributed by atoms with Crippen LogP contribution in [0.15, 0.2) is 12.2 Å². The van der Waals surface area contributed by atoms with Gasteiger partial charge in [0, 0.05) is 6.08 Å². The van der Waals surface area contributed by atoms with E-state index in [0.29, 0.717) is 0 Å². The van der Waals surface area contributed by atoms with Gasteiger partial charge in [-0.15, -0.1) is 0 Å². The highest BCUT2D eigenvalue weighted by atomic mass is 16.5. The number of allylic oxidation sites excluding steroid dienone is 1. The van der Waals surface area contributed by atoms with E-state index in [9.17, 15) is 4.79 Å². The Bertz CT molecular complexity index is 127. The summed E-state index contributed by atoms with van der Waals surface area (Å²) >= 11 is 0. The summed E-state index contributed by atoms with van der Waals surface area (Å²) in [5.41, 5.74) is 0. The molecule has 3 heteroatoms. The van der Waals surface area contributed by atoms with Crippen molar-refractivity contribution in [2.24, 2.45) is 0 Å². The highest BCUT2D eigenvalue weighted by molar-refractivity contribution is 5.82. The Morgan fingerprint density at radius 2 is 2.30 bits per heavy atom. The molecule has 0 saturated carbocycles. The van der Waals surface area contributed by atoms with Crippen molar-refractivity contribution in [3.63, 3.8) is 0 Å². The molecule has 0 bridgehead atoms. The Kier molecular flexibility index (Phi) is 4.58. The van der Waals surface area contributed by atoms with Crippen LogP contribution in [0.2, 0.25) is 0 Å². The molecule has 1 radical (unpaired) electrons. The van der Waals surface area contributed by atoms with Gasteiger partial charge >= 0.3 is 5.97 Å². The number of ether oxygens (including phenoxy) is 1. The molecule has 0 amide bonds. The molecule has 0 rings (SSSR count). The maximum Gasteiger partial charge on any atom is 0.330 e.